The third-order valence-electron chi connectivity index (χ3n) is 4.42. The van der Waals surface area contributed by atoms with Crippen LogP contribution in [0.15, 0.2) is 79.4 Å². The molecule has 0 saturated carbocycles. The van der Waals surface area contributed by atoms with E-state index in [1.165, 1.54) is 5.56 Å². The third-order valence-corrected chi connectivity index (χ3v) is 4.42. The predicted octanol–water partition coefficient (Wildman–Crippen LogP) is 4.01. The number of nitrogens with zero attached hydrogens (tertiary/aromatic N) is 5. The number of anilines is 2. The molecule has 0 bridgehead atoms. The molecule has 5 rings (SSSR count). The molecule has 6 nitrogen and oxygen atoms in total. The van der Waals surface area contributed by atoms with Gasteiger partial charge in [0.2, 0.25) is 0 Å². The minimum absolute atomic E-state index is 0.745. The van der Waals surface area contributed by atoms with Gasteiger partial charge in [-0.1, -0.05) is 12.1 Å². The summed E-state index contributed by atoms with van der Waals surface area (Å²) in [5.41, 5.74) is 4.95. The molecule has 0 spiro atoms. The average Bonchev–Trinajstić information content (AvgIpc) is 3.11. The smallest absolute Gasteiger partial charge is 0.153 e. The van der Waals surface area contributed by atoms with E-state index in [1.54, 1.807) is 12.4 Å². The highest BCUT2D eigenvalue weighted by Crippen LogP contribution is 2.18. The Bertz CT molecular complexity index is 1230. The molecular weight excluding hydrogens is 336 g/mol. The number of hydrogen-bond donors (Lipinski definition) is 1. The number of aromatic nitrogens is 5. The van der Waals surface area contributed by atoms with E-state index in [1.807, 2.05) is 47.2 Å². The molecule has 1 aromatic carbocycles. The second kappa shape index (κ2) is 6.49. The van der Waals surface area contributed by atoms with Gasteiger partial charge in [-0.05, 0) is 48.0 Å². The molecule has 130 valence electrons. The van der Waals surface area contributed by atoms with Crippen molar-refractivity contribution in [3.8, 4) is 0 Å². The van der Waals surface area contributed by atoms with Crippen LogP contribution in [0.4, 0.5) is 11.5 Å². The van der Waals surface area contributed by atoms with Gasteiger partial charge < -0.3 is 5.32 Å². The fraction of sp³-hybridized carbons (Fsp3) is 0.0476. The van der Waals surface area contributed by atoms with Gasteiger partial charge in [-0.25, -0.2) is 9.50 Å². The summed E-state index contributed by atoms with van der Waals surface area (Å²) in [6.07, 6.45) is 7.95. The maximum atomic E-state index is 4.69. The monoisotopic (exact) mass is 352 g/mol. The normalized spacial score (nSPS) is 11.1. The summed E-state index contributed by atoms with van der Waals surface area (Å²) < 4.78 is 1.88. The van der Waals surface area contributed by atoms with E-state index in [0.717, 1.165) is 40.2 Å². The lowest BCUT2D eigenvalue weighted by Gasteiger charge is -2.07. The van der Waals surface area contributed by atoms with Crippen molar-refractivity contribution in [1.29, 1.82) is 0 Å². The first-order chi connectivity index (χ1) is 13.3. The molecule has 0 amide bonds. The molecule has 5 aromatic rings. The summed E-state index contributed by atoms with van der Waals surface area (Å²) in [5, 5.41) is 9.10. The Kier molecular flexibility index (Phi) is 3.72. The fourth-order valence-corrected chi connectivity index (χ4v) is 3.14. The van der Waals surface area contributed by atoms with Gasteiger partial charge in [-0.15, -0.1) is 5.10 Å². The van der Waals surface area contributed by atoms with Crippen molar-refractivity contribution in [2.24, 2.45) is 0 Å². The minimum Gasteiger partial charge on any atom is -0.338 e. The van der Waals surface area contributed by atoms with E-state index < -0.39 is 0 Å². The Labute approximate surface area is 155 Å². The Morgan fingerprint density at radius 2 is 1.85 bits per heavy atom. The van der Waals surface area contributed by atoms with Crippen molar-refractivity contribution < 1.29 is 0 Å². The molecule has 0 fully saturated rings. The van der Waals surface area contributed by atoms with Crippen molar-refractivity contribution in [1.82, 2.24) is 24.6 Å². The van der Waals surface area contributed by atoms with Gasteiger partial charge in [-0.2, -0.15) is 0 Å². The summed E-state index contributed by atoms with van der Waals surface area (Å²) in [7, 11) is 0. The number of nitrogens with one attached hydrogen (secondary N) is 1. The van der Waals surface area contributed by atoms with Crippen LogP contribution in [0.1, 0.15) is 11.3 Å². The number of pyridine rings is 2. The van der Waals surface area contributed by atoms with Crippen LogP contribution in [0.25, 0.3) is 16.6 Å². The molecule has 1 N–H and O–H groups in total. The zero-order chi connectivity index (χ0) is 18.1. The highest BCUT2D eigenvalue weighted by Gasteiger charge is 2.08. The molecule has 4 aromatic heterocycles. The summed E-state index contributed by atoms with van der Waals surface area (Å²) in [6, 6.07) is 18.1. The van der Waals surface area contributed by atoms with Crippen LogP contribution in [0.2, 0.25) is 0 Å². The highest BCUT2D eigenvalue weighted by atomic mass is 15.3. The molecule has 0 aliphatic heterocycles. The number of imidazole rings is 1. The van der Waals surface area contributed by atoms with E-state index in [0.29, 0.717) is 0 Å². The van der Waals surface area contributed by atoms with Crippen LogP contribution < -0.4 is 5.32 Å². The quantitative estimate of drug-likeness (QED) is 0.529. The Morgan fingerprint density at radius 1 is 0.889 bits per heavy atom. The fourth-order valence-electron chi connectivity index (χ4n) is 3.14. The van der Waals surface area contributed by atoms with Crippen molar-refractivity contribution in [2.45, 2.75) is 6.42 Å². The number of fused-ring (bicyclic) bond motifs is 2. The van der Waals surface area contributed by atoms with Crippen LogP contribution in [0, 0.1) is 0 Å². The van der Waals surface area contributed by atoms with Gasteiger partial charge in [0.15, 0.2) is 11.5 Å². The third kappa shape index (κ3) is 3.08. The second-order valence-corrected chi connectivity index (χ2v) is 6.31. The molecule has 0 radical (unpaired) electrons. The van der Waals surface area contributed by atoms with Crippen molar-refractivity contribution in [2.75, 3.05) is 5.32 Å². The maximum Gasteiger partial charge on any atom is 0.153 e. The number of benzene rings is 1. The molecular formula is C21H16N6. The van der Waals surface area contributed by atoms with Crippen molar-refractivity contribution in [3.05, 3.63) is 90.6 Å². The van der Waals surface area contributed by atoms with E-state index in [2.05, 4.69) is 44.5 Å². The largest absolute Gasteiger partial charge is 0.338 e. The van der Waals surface area contributed by atoms with E-state index in [-0.39, 0.29) is 0 Å². The van der Waals surface area contributed by atoms with Crippen LogP contribution in [-0.4, -0.2) is 24.6 Å². The highest BCUT2D eigenvalue weighted by molar-refractivity contribution is 5.79. The lowest BCUT2D eigenvalue weighted by Crippen LogP contribution is -2.02. The summed E-state index contributed by atoms with van der Waals surface area (Å²) >= 11 is 0. The van der Waals surface area contributed by atoms with Gasteiger partial charge in [0.25, 0.3) is 0 Å². The van der Waals surface area contributed by atoms with Crippen LogP contribution in [0.3, 0.4) is 0 Å². The zero-order valence-electron chi connectivity index (χ0n) is 14.4. The molecule has 0 saturated heterocycles. The van der Waals surface area contributed by atoms with Crippen LogP contribution in [0.5, 0.6) is 0 Å². The number of rotatable bonds is 4. The molecule has 0 aliphatic carbocycles. The van der Waals surface area contributed by atoms with Gasteiger partial charge >= 0.3 is 0 Å². The topological polar surface area (TPSA) is 68.0 Å². The molecule has 4 heterocycles. The van der Waals surface area contributed by atoms with Gasteiger partial charge in [0.1, 0.15) is 0 Å². The molecule has 0 aliphatic rings. The Balaban J connectivity index is 1.48. The second-order valence-electron chi connectivity index (χ2n) is 6.31. The van der Waals surface area contributed by atoms with E-state index in [4.69, 9.17) is 5.10 Å². The van der Waals surface area contributed by atoms with Gasteiger partial charge in [-0.3, -0.25) is 9.97 Å². The van der Waals surface area contributed by atoms with Gasteiger partial charge in [0.05, 0.1) is 29.3 Å². The standard InChI is InChI=1S/C21H16N6/c1-3-16-11-15(5-6-19(16)23-10-1)12-18-14-24-21-8-7-20(26-27(18)21)25-17-4-2-9-22-13-17/h1-11,13-14H,12H2,(H,25,26). The first-order valence-electron chi connectivity index (χ1n) is 8.69. The summed E-state index contributed by atoms with van der Waals surface area (Å²) in [4.78, 5) is 13.0. The summed E-state index contributed by atoms with van der Waals surface area (Å²) in [6.45, 7) is 0. The zero-order valence-corrected chi connectivity index (χ0v) is 14.4. The van der Waals surface area contributed by atoms with Gasteiger partial charge in [0, 0.05) is 24.2 Å². The molecule has 0 unspecified atom stereocenters. The SMILES string of the molecule is c1cncc(Nc2ccc3ncc(Cc4ccc5ncccc5c4)n3n2)c1. The summed E-state index contributed by atoms with van der Waals surface area (Å²) in [5.74, 6) is 0.748. The molecule has 27 heavy (non-hydrogen) atoms. The first-order valence-corrected chi connectivity index (χ1v) is 8.69. The Morgan fingerprint density at radius 3 is 2.78 bits per heavy atom. The van der Waals surface area contributed by atoms with E-state index >= 15 is 0 Å². The molecule has 0 atom stereocenters. The lowest BCUT2D eigenvalue weighted by molar-refractivity contribution is 0.876. The predicted molar refractivity (Wildman–Crippen MR) is 105 cm³/mol. The molecule has 6 heteroatoms. The van der Waals surface area contributed by atoms with Crippen LogP contribution >= 0.6 is 0 Å². The minimum atomic E-state index is 0.745. The lowest BCUT2D eigenvalue weighted by atomic mass is 10.1. The number of hydrogen-bond acceptors (Lipinski definition) is 5. The average molecular weight is 352 g/mol. The van der Waals surface area contributed by atoms with Crippen molar-refractivity contribution in [3.63, 3.8) is 0 Å². The Hall–Kier alpha value is -3.80. The van der Waals surface area contributed by atoms with Crippen molar-refractivity contribution >= 4 is 28.1 Å². The first kappa shape index (κ1) is 15.5. The van der Waals surface area contributed by atoms with E-state index in [9.17, 15) is 0 Å². The van der Waals surface area contributed by atoms with Crippen LogP contribution in [-0.2, 0) is 6.42 Å². The maximum absolute atomic E-state index is 4.69.